The van der Waals surface area contributed by atoms with Crippen molar-refractivity contribution in [2.24, 2.45) is 0 Å². The fourth-order valence-corrected chi connectivity index (χ4v) is 3.74. The largest absolute Gasteiger partial charge is 0.490 e. The van der Waals surface area contributed by atoms with Gasteiger partial charge in [-0.05, 0) is 31.0 Å². The Bertz CT molecular complexity index is 896. The zero-order valence-corrected chi connectivity index (χ0v) is 15.5. The second-order valence-corrected chi connectivity index (χ2v) is 7.21. The van der Waals surface area contributed by atoms with Gasteiger partial charge in [-0.3, -0.25) is 0 Å². The van der Waals surface area contributed by atoms with E-state index in [0.717, 1.165) is 44.4 Å². The van der Waals surface area contributed by atoms with Crippen molar-refractivity contribution >= 4 is 10.9 Å². The number of piperidine rings is 1. The summed E-state index contributed by atoms with van der Waals surface area (Å²) in [6, 6.07) is 7.00. The molecule has 0 aliphatic carbocycles. The van der Waals surface area contributed by atoms with Gasteiger partial charge in [0.25, 0.3) is 0 Å². The van der Waals surface area contributed by atoms with Crippen molar-refractivity contribution in [1.82, 2.24) is 19.0 Å². The molecule has 3 heterocycles. The van der Waals surface area contributed by atoms with Crippen LogP contribution in [-0.4, -0.2) is 50.9 Å². The van der Waals surface area contributed by atoms with Gasteiger partial charge in [-0.2, -0.15) is 13.2 Å². The summed E-state index contributed by atoms with van der Waals surface area (Å²) >= 11 is 0. The van der Waals surface area contributed by atoms with Gasteiger partial charge >= 0.3 is 6.18 Å². The Morgan fingerprint density at radius 3 is 2.61 bits per heavy atom. The molecule has 1 aliphatic heterocycles. The summed E-state index contributed by atoms with van der Waals surface area (Å²) in [5.74, 6) is 0.662. The molecular weight excluding hydrogens is 369 g/mol. The molecule has 0 saturated carbocycles. The molecule has 1 fully saturated rings. The summed E-state index contributed by atoms with van der Waals surface area (Å²) < 4.78 is 47.7. The molecule has 150 valence electrons. The zero-order valence-electron chi connectivity index (χ0n) is 15.5. The molecule has 0 atom stereocenters. The summed E-state index contributed by atoms with van der Waals surface area (Å²) in [6.07, 6.45) is 4.69. The minimum Gasteiger partial charge on any atom is -0.490 e. The molecule has 0 radical (unpaired) electrons. The molecule has 0 amide bonds. The van der Waals surface area contributed by atoms with E-state index in [9.17, 15) is 13.2 Å². The van der Waals surface area contributed by atoms with E-state index >= 15 is 0 Å². The molecule has 8 heteroatoms. The molecule has 5 nitrogen and oxygen atoms in total. The number of aromatic nitrogens is 3. The summed E-state index contributed by atoms with van der Waals surface area (Å²) in [6.45, 7) is 2.79. The van der Waals surface area contributed by atoms with E-state index in [1.54, 1.807) is 24.4 Å². The second kappa shape index (κ2) is 7.87. The van der Waals surface area contributed by atoms with Crippen molar-refractivity contribution < 1.29 is 17.9 Å². The van der Waals surface area contributed by atoms with Gasteiger partial charge in [0.2, 0.25) is 0 Å². The van der Waals surface area contributed by atoms with Gasteiger partial charge in [0.05, 0.1) is 11.8 Å². The average molecular weight is 392 g/mol. The van der Waals surface area contributed by atoms with Gasteiger partial charge in [0, 0.05) is 50.2 Å². The fourth-order valence-electron chi connectivity index (χ4n) is 3.74. The van der Waals surface area contributed by atoms with Crippen LogP contribution in [0.5, 0.6) is 5.75 Å². The third kappa shape index (κ3) is 4.49. The Kier molecular flexibility index (Phi) is 5.30. The molecule has 0 N–H and O–H groups in total. The van der Waals surface area contributed by atoms with Gasteiger partial charge < -0.3 is 18.8 Å². The lowest BCUT2D eigenvalue weighted by Gasteiger charge is -2.32. The van der Waals surface area contributed by atoms with Crippen LogP contribution in [0, 0.1) is 0 Å². The quantitative estimate of drug-likeness (QED) is 0.637. The first-order valence-electron chi connectivity index (χ1n) is 9.47. The van der Waals surface area contributed by atoms with Crippen molar-refractivity contribution in [3.8, 4) is 5.75 Å². The third-order valence-corrected chi connectivity index (χ3v) is 5.19. The first kappa shape index (κ1) is 18.9. The molecule has 0 unspecified atom stereocenters. The Morgan fingerprint density at radius 1 is 1.07 bits per heavy atom. The number of rotatable bonds is 6. The fraction of sp³-hybridized carbons (Fsp3) is 0.450. The number of imidazole rings is 1. The number of likely N-dealkylation sites (tertiary alicyclic amines) is 1. The van der Waals surface area contributed by atoms with Crippen molar-refractivity contribution in [2.75, 3.05) is 19.6 Å². The van der Waals surface area contributed by atoms with E-state index in [4.69, 9.17) is 4.74 Å². The number of benzene rings is 1. The number of halogens is 3. The van der Waals surface area contributed by atoms with Gasteiger partial charge in [0.15, 0.2) is 0 Å². The van der Waals surface area contributed by atoms with Crippen molar-refractivity contribution in [2.45, 2.75) is 38.2 Å². The summed E-state index contributed by atoms with van der Waals surface area (Å²) in [5, 5.41) is 0.731. The van der Waals surface area contributed by atoms with Gasteiger partial charge in [-0.1, -0.05) is 6.07 Å². The highest BCUT2D eigenvalue weighted by Gasteiger charge is 2.28. The highest BCUT2D eigenvalue weighted by atomic mass is 19.4. The summed E-state index contributed by atoms with van der Waals surface area (Å²) in [4.78, 5) is 6.45. The van der Waals surface area contributed by atoms with E-state index in [-0.39, 0.29) is 6.10 Å². The minimum absolute atomic E-state index is 0.0843. The van der Waals surface area contributed by atoms with Crippen LogP contribution in [0.2, 0.25) is 0 Å². The highest BCUT2D eigenvalue weighted by molar-refractivity contribution is 5.86. The van der Waals surface area contributed by atoms with E-state index in [1.165, 1.54) is 10.8 Å². The van der Waals surface area contributed by atoms with E-state index in [1.807, 2.05) is 18.6 Å². The van der Waals surface area contributed by atoms with Crippen LogP contribution in [0.3, 0.4) is 0 Å². The highest BCUT2D eigenvalue weighted by Crippen LogP contribution is 2.30. The Hall–Kier alpha value is -2.48. The van der Waals surface area contributed by atoms with Gasteiger partial charge in [-0.15, -0.1) is 0 Å². The number of hydrogen-bond donors (Lipinski definition) is 0. The predicted octanol–water partition coefficient (Wildman–Crippen LogP) is 3.94. The van der Waals surface area contributed by atoms with Crippen LogP contribution < -0.4 is 4.74 Å². The monoisotopic (exact) mass is 392 g/mol. The van der Waals surface area contributed by atoms with E-state index in [0.29, 0.717) is 11.3 Å². The van der Waals surface area contributed by atoms with Crippen LogP contribution in [0.25, 0.3) is 10.9 Å². The molecule has 28 heavy (non-hydrogen) atoms. The Labute approximate surface area is 161 Å². The first-order valence-corrected chi connectivity index (χ1v) is 9.47. The lowest BCUT2D eigenvalue weighted by Crippen LogP contribution is -2.39. The molecule has 1 aliphatic rings. The molecule has 0 spiro atoms. The van der Waals surface area contributed by atoms with Crippen LogP contribution in [0.15, 0.2) is 49.2 Å². The predicted molar refractivity (Wildman–Crippen MR) is 100 cm³/mol. The SMILES string of the molecule is FC(F)(F)Cn1ccc2c(OC3CCN(CCn4ccnc4)CC3)cccc21. The lowest BCUT2D eigenvalue weighted by atomic mass is 10.1. The molecule has 3 aromatic rings. The topological polar surface area (TPSA) is 35.2 Å². The number of alkyl halides is 3. The molecule has 1 saturated heterocycles. The van der Waals surface area contributed by atoms with Crippen LogP contribution in [0.4, 0.5) is 13.2 Å². The van der Waals surface area contributed by atoms with Crippen LogP contribution >= 0.6 is 0 Å². The number of nitrogens with zero attached hydrogens (tertiary/aromatic N) is 4. The first-order chi connectivity index (χ1) is 13.5. The molecule has 2 aromatic heterocycles. The van der Waals surface area contributed by atoms with E-state index < -0.39 is 12.7 Å². The van der Waals surface area contributed by atoms with Crippen molar-refractivity contribution in [3.05, 3.63) is 49.2 Å². The van der Waals surface area contributed by atoms with Crippen LogP contribution in [-0.2, 0) is 13.1 Å². The summed E-state index contributed by atoms with van der Waals surface area (Å²) in [5.41, 5.74) is 0.549. The summed E-state index contributed by atoms with van der Waals surface area (Å²) in [7, 11) is 0. The average Bonchev–Trinajstić information content (AvgIpc) is 3.31. The smallest absolute Gasteiger partial charge is 0.406 e. The molecule has 0 bridgehead atoms. The van der Waals surface area contributed by atoms with Gasteiger partial charge in [0.1, 0.15) is 18.4 Å². The normalized spacial score (nSPS) is 16.7. The number of hydrogen-bond acceptors (Lipinski definition) is 3. The Morgan fingerprint density at radius 2 is 1.89 bits per heavy atom. The lowest BCUT2D eigenvalue weighted by molar-refractivity contribution is -0.139. The number of ether oxygens (including phenoxy) is 1. The zero-order chi connectivity index (χ0) is 19.6. The van der Waals surface area contributed by atoms with E-state index in [2.05, 4.69) is 14.5 Å². The minimum atomic E-state index is -4.24. The molecule has 4 rings (SSSR count). The van der Waals surface area contributed by atoms with Crippen LogP contribution in [0.1, 0.15) is 12.8 Å². The second-order valence-electron chi connectivity index (χ2n) is 7.21. The molecule has 1 aromatic carbocycles. The maximum absolute atomic E-state index is 12.7. The van der Waals surface area contributed by atoms with Gasteiger partial charge in [-0.25, -0.2) is 4.98 Å². The number of fused-ring (bicyclic) bond motifs is 1. The maximum atomic E-state index is 12.7. The molecular formula is C20H23F3N4O. The van der Waals surface area contributed by atoms with Crippen molar-refractivity contribution in [1.29, 1.82) is 0 Å². The third-order valence-electron chi connectivity index (χ3n) is 5.19. The maximum Gasteiger partial charge on any atom is 0.406 e. The Balaban J connectivity index is 1.35. The van der Waals surface area contributed by atoms with Crippen molar-refractivity contribution in [3.63, 3.8) is 0 Å². The standard InChI is InChI=1S/C20H23F3N4O/c21-20(22,23)14-27-10-6-17-18(27)2-1-3-19(17)28-16-4-8-25(9-5-16)12-13-26-11-7-24-15-26/h1-3,6-7,10-11,15-16H,4-5,8-9,12-14H2.